The first-order valence-corrected chi connectivity index (χ1v) is 11.8. The number of fused-ring (bicyclic) bond motifs is 2. The van der Waals surface area contributed by atoms with E-state index < -0.39 is 5.97 Å². The molecule has 0 fully saturated rings. The lowest BCUT2D eigenvalue weighted by Gasteiger charge is -2.06. The summed E-state index contributed by atoms with van der Waals surface area (Å²) < 4.78 is 8.80. The summed E-state index contributed by atoms with van der Waals surface area (Å²) in [5, 5.41) is 14.7. The van der Waals surface area contributed by atoms with Gasteiger partial charge in [-0.15, -0.1) is 0 Å². The highest BCUT2D eigenvalue weighted by Crippen LogP contribution is 2.32. The number of benzene rings is 3. The van der Waals surface area contributed by atoms with Gasteiger partial charge in [0, 0.05) is 23.9 Å². The number of aromatic carboxylic acids is 1. The molecule has 8 heteroatoms. The molecule has 8 nitrogen and oxygen atoms in total. The molecule has 1 aliphatic heterocycles. The smallest absolute Gasteiger partial charge is 0.335 e. The number of allylic oxidation sites excluding steroid dienone is 1. The predicted molar refractivity (Wildman–Crippen MR) is 141 cm³/mol. The van der Waals surface area contributed by atoms with Gasteiger partial charge < -0.3 is 9.84 Å². The van der Waals surface area contributed by atoms with Crippen molar-refractivity contribution in [3.63, 3.8) is 0 Å². The van der Waals surface area contributed by atoms with Crippen LogP contribution < -0.4 is 10.3 Å². The number of carboxylic acids is 1. The first kappa shape index (κ1) is 22.5. The van der Waals surface area contributed by atoms with E-state index in [0.29, 0.717) is 29.7 Å². The highest BCUT2D eigenvalue weighted by molar-refractivity contribution is 5.94. The minimum atomic E-state index is -1.06. The van der Waals surface area contributed by atoms with Gasteiger partial charge in [0.1, 0.15) is 11.6 Å². The Morgan fingerprint density at radius 2 is 1.84 bits per heavy atom. The van der Waals surface area contributed by atoms with Gasteiger partial charge in [-0.1, -0.05) is 18.2 Å². The molecule has 0 radical (unpaired) electrons. The van der Waals surface area contributed by atoms with E-state index in [4.69, 9.17) is 14.8 Å². The maximum Gasteiger partial charge on any atom is 0.335 e. The van der Waals surface area contributed by atoms with E-state index in [1.807, 2.05) is 71.6 Å². The van der Waals surface area contributed by atoms with Gasteiger partial charge in [-0.2, -0.15) is 5.10 Å². The van der Waals surface area contributed by atoms with Crippen molar-refractivity contribution in [2.24, 2.45) is 0 Å². The maximum atomic E-state index is 13.2. The Morgan fingerprint density at radius 1 is 1.05 bits per heavy atom. The van der Waals surface area contributed by atoms with Crippen LogP contribution in [-0.2, 0) is 6.54 Å². The molecule has 1 aliphatic rings. The molecule has 3 aromatic carbocycles. The predicted octanol–water partition coefficient (Wildman–Crippen LogP) is 4.90. The van der Waals surface area contributed by atoms with Crippen LogP contribution in [0, 0.1) is 0 Å². The molecule has 0 unspecified atom stereocenters. The van der Waals surface area contributed by atoms with Crippen LogP contribution in [0.4, 0.5) is 0 Å². The molecule has 0 spiro atoms. The molecular weight excluding hydrogens is 468 g/mol. The van der Waals surface area contributed by atoms with E-state index in [1.54, 1.807) is 11.7 Å². The fourth-order valence-electron chi connectivity index (χ4n) is 4.65. The molecule has 182 valence electrons. The van der Waals surface area contributed by atoms with Gasteiger partial charge in [0.05, 0.1) is 35.0 Å². The third kappa shape index (κ3) is 3.98. The number of ether oxygens (including phenoxy) is 1. The standard InChI is InChI=1S/C29H22N4O4/c1-37-23-10-7-18(8-11-23)26-21(17-33(31-26)22-5-3-2-4-6-22)15-19-13-14-32-27(19)30-25-16-20(29(35)36)9-12-24(25)28(32)34/h2-12,15-17H,13-14H2,1H3,(H,35,36). The highest BCUT2D eigenvalue weighted by Gasteiger charge is 2.23. The van der Waals surface area contributed by atoms with Gasteiger partial charge in [-0.3, -0.25) is 9.36 Å². The van der Waals surface area contributed by atoms with E-state index in [0.717, 1.165) is 33.8 Å². The van der Waals surface area contributed by atoms with Crippen LogP contribution in [0.15, 0.2) is 83.8 Å². The molecule has 0 amide bonds. The Hall–Kier alpha value is -4.98. The first-order chi connectivity index (χ1) is 18.0. The average molecular weight is 491 g/mol. The number of methoxy groups -OCH3 is 1. The van der Waals surface area contributed by atoms with Crippen molar-refractivity contribution in [3.8, 4) is 22.7 Å². The third-order valence-corrected chi connectivity index (χ3v) is 6.55. The van der Waals surface area contributed by atoms with E-state index in [2.05, 4.69) is 0 Å². The zero-order chi connectivity index (χ0) is 25.5. The van der Waals surface area contributed by atoms with Crippen molar-refractivity contribution in [2.45, 2.75) is 13.0 Å². The largest absolute Gasteiger partial charge is 0.497 e. The zero-order valence-corrected chi connectivity index (χ0v) is 20.0. The summed E-state index contributed by atoms with van der Waals surface area (Å²) in [6, 6.07) is 22.0. The second-order valence-electron chi connectivity index (χ2n) is 8.79. The Bertz CT molecular complexity index is 1750. The molecule has 3 heterocycles. The van der Waals surface area contributed by atoms with Crippen LogP contribution in [0.5, 0.6) is 5.75 Å². The van der Waals surface area contributed by atoms with Crippen molar-refractivity contribution >= 4 is 28.5 Å². The first-order valence-electron chi connectivity index (χ1n) is 11.8. The summed E-state index contributed by atoms with van der Waals surface area (Å²) in [6.07, 6.45) is 4.61. The summed E-state index contributed by atoms with van der Waals surface area (Å²) in [5.74, 6) is 0.248. The molecule has 37 heavy (non-hydrogen) atoms. The molecule has 5 aromatic rings. The lowest BCUT2D eigenvalue weighted by atomic mass is 10.0. The molecular formula is C29H22N4O4. The molecule has 6 rings (SSSR count). The summed E-state index contributed by atoms with van der Waals surface area (Å²) in [4.78, 5) is 29.3. The quantitative estimate of drug-likeness (QED) is 0.376. The zero-order valence-electron chi connectivity index (χ0n) is 20.0. The Kier molecular flexibility index (Phi) is 5.41. The van der Waals surface area contributed by atoms with Gasteiger partial charge in [0.15, 0.2) is 0 Å². The number of carboxylic acid groups (broad SMARTS) is 1. The summed E-state index contributed by atoms with van der Waals surface area (Å²) in [6.45, 7) is 0.508. The molecule has 1 N–H and O–H groups in total. The molecule has 0 atom stereocenters. The number of aromatic nitrogens is 4. The van der Waals surface area contributed by atoms with Gasteiger partial charge in [0.2, 0.25) is 0 Å². The van der Waals surface area contributed by atoms with Crippen molar-refractivity contribution in [1.82, 2.24) is 19.3 Å². The highest BCUT2D eigenvalue weighted by atomic mass is 16.5. The van der Waals surface area contributed by atoms with Crippen molar-refractivity contribution in [2.75, 3.05) is 7.11 Å². The normalized spacial score (nSPS) is 13.7. The molecule has 0 aliphatic carbocycles. The lowest BCUT2D eigenvalue weighted by Crippen LogP contribution is -2.21. The number of carbonyl (C=O) groups is 1. The number of rotatable bonds is 5. The van der Waals surface area contributed by atoms with Crippen molar-refractivity contribution in [3.05, 3.63) is 106 Å². The minimum absolute atomic E-state index is 0.0961. The van der Waals surface area contributed by atoms with Crippen LogP contribution in [0.3, 0.4) is 0 Å². The fourth-order valence-corrected chi connectivity index (χ4v) is 4.65. The van der Waals surface area contributed by atoms with Gasteiger partial charge >= 0.3 is 5.97 Å². The van der Waals surface area contributed by atoms with Crippen LogP contribution >= 0.6 is 0 Å². The number of nitrogens with zero attached hydrogens (tertiary/aromatic N) is 4. The van der Waals surface area contributed by atoms with E-state index in [1.165, 1.54) is 18.2 Å². The van der Waals surface area contributed by atoms with E-state index in [9.17, 15) is 14.7 Å². The number of hydrogen-bond acceptors (Lipinski definition) is 5. The molecule has 0 bridgehead atoms. The summed E-state index contributed by atoms with van der Waals surface area (Å²) >= 11 is 0. The van der Waals surface area contributed by atoms with Crippen LogP contribution in [0.25, 0.3) is 39.5 Å². The monoisotopic (exact) mass is 490 g/mol. The van der Waals surface area contributed by atoms with E-state index in [-0.39, 0.29) is 11.1 Å². The fraction of sp³-hybridized carbons (Fsp3) is 0.103. The van der Waals surface area contributed by atoms with Crippen molar-refractivity contribution in [1.29, 1.82) is 0 Å². The van der Waals surface area contributed by atoms with Crippen LogP contribution in [-0.4, -0.2) is 37.5 Å². The molecule has 0 saturated carbocycles. The SMILES string of the molecule is COc1ccc(-c2nn(-c3ccccc3)cc2C=C2CCn3c2nc2cc(C(=O)O)ccc2c3=O)cc1. The Morgan fingerprint density at radius 3 is 2.57 bits per heavy atom. The Labute approximate surface area is 211 Å². The number of hydrogen-bond donors (Lipinski definition) is 1. The summed E-state index contributed by atoms with van der Waals surface area (Å²) in [7, 11) is 1.63. The Balaban J connectivity index is 1.51. The van der Waals surface area contributed by atoms with Gasteiger partial charge in [0.25, 0.3) is 5.56 Å². The van der Waals surface area contributed by atoms with Gasteiger partial charge in [-0.05, 0) is 72.7 Å². The maximum absolute atomic E-state index is 13.2. The number of para-hydroxylation sites is 1. The lowest BCUT2D eigenvalue weighted by molar-refractivity contribution is 0.0697. The third-order valence-electron chi connectivity index (χ3n) is 6.55. The minimum Gasteiger partial charge on any atom is -0.497 e. The van der Waals surface area contributed by atoms with Crippen LogP contribution in [0.2, 0.25) is 0 Å². The van der Waals surface area contributed by atoms with Crippen LogP contribution in [0.1, 0.15) is 28.2 Å². The van der Waals surface area contributed by atoms with Crippen molar-refractivity contribution < 1.29 is 14.6 Å². The van der Waals surface area contributed by atoms with Gasteiger partial charge in [-0.25, -0.2) is 14.5 Å². The molecule has 0 saturated heterocycles. The topological polar surface area (TPSA) is 99.2 Å². The van der Waals surface area contributed by atoms with E-state index >= 15 is 0 Å². The second kappa shape index (κ2) is 8.91. The molecule has 2 aromatic heterocycles. The summed E-state index contributed by atoms with van der Waals surface area (Å²) in [5.41, 5.74) is 4.71. The average Bonchev–Trinajstić information content (AvgIpc) is 3.54. The second-order valence-corrected chi connectivity index (χ2v) is 8.79.